The summed E-state index contributed by atoms with van der Waals surface area (Å²) in [5.74, 6) is 1.60. The number of hydrogen-bond acceptors (Lipinski definition) is 5. The summed E-state index contributed by atoms with van der Waals surface area (Å²) in [7, 11) is 0. The van der Waals surface area contributed by atoms with E-state index in [1.165, 1.54) is 0 Å². The van der Waals surface area contributed by atoms with Gasteiger partial charge in [0.15, 0.2) is 0 Å². The molecule has 0 fully saturated rings. The lowest BCUT2D eigenvalue weighted by atomic mass is 10.0. The van der Waals surface area contributed by atoms with Gasteiger partial charge in [-0.2, -0.15) is 0 Å². The molecular formula is C35H33NO4. The fourth-order valence-electron chi connectivity index (χ4n) is 4.25. The molecule has 0 unspecified atom stereocenters. The molecule has 0 aliphatic carbocycles. The Hall–Kier alpha value is -4.45. The molecule has 40 heavy (non-hydrogen) atoms. The number of ether oxygens (including phenoxy) is 4. The van der Waals surface area contributed by atoms with E-state index in [0.717, 1.165) is 44.9 Å². The molecule has 0 aliphatic heterocycles. The Labute approximate surface area is 236 Å². The van der Waals surface area contributed by atoms with E-state index in [9.17, 15) is 0 Å². The number of aromatic nitrogens is 1. The van der Waals surface area contributed by atoms with Gasteiger partial charge in [-0.1, -0.05) is 84.9 Å². The van der Waals surface area contributed by atoms with Crippen LogP contribution in [0.2, 0.25) is 0 Å². The van der Waals surface area contributed by atoms with Gasteiger partial charge in [0.2, 0.25) is 0 Å². The van der Waals surface area contributed by atoms with Gasteiger partial charge in [0.25, 0.3) is 0 Å². The van der Waals surface area contributed by atoms with Crippen LogP contribution in [0.5, 0.6) is 11.5 Å². The first-order valence-corrected chi connectivity index (χ1v) is 13.5. The third-order valence-electron chi connectivity index (χ3n) is 6.29. The van der Waals surface area contributed by atoms with Gasteiger partial charge >= 0.3 is 0 Å². The quantitative estimate of drug-likeness (QED) is 0.138. The fourth-order valence-corrected chi connectivity index (χ4v) is 4.25. The van der Waals surface area contributed by atoms with E-state index < -0.39 is 0 Å². The Morgan fingerprint density at radius 3 is 1.38 bits per heavy atom. The van der Waals surface area contributed by atoms with Gasteiger partial charge in [-0.25, -0.2) is 0 Å². The highest BCUT2D eigenvalue weighted by atomic mass is 16.5. The van der Waals surface area contributed by atoms with Crippen molar-refractivity contribution in [3.8, 4) is 33.8 Å². The molecule has 0 radical (unpaired) electrons. The van der Waals surface area contributed by atoms with E-state index in [0.29, 0.717) is 39.6 Å². The maximum atomic E-state index is 5.94. The summed E-state index contributed by atoms with van der Waals surface area (Å²) in [6, 6.07) is 38.5. The van der Waals surface area contributed by atoms with E-state index in [4.69, 9.17) is 18.9 Å². The van der Waals surface area contributed by atoms with E-state index in [2.05, 4.69) is 47.4 Å². The van der Waals surface area contributed by atoms with E-state index in [-0.39, 0.29) is 0 Å². The topological polar surface area (TPSA) is 49.8 Å². The lowest BCUT2D eigenvalue weighted by Gasteiger charge is -2.11. The van der Waals surface area contributed by atoms with Crippen molar-refractivity contribution in [1.29, 1.82) is 0 Å². The number of hydrogen-bond donors (Lipinski definition) is 0. The van der Waals surface area contributed by atoms with Gasteiger partial charge in [0.05, 0.1) is 26.4 Å². The van der Waals surface area contributed by atoms with Gasteiger partial charge in [-0.15, -0.1) is 0 Å². The summed E-state index contributed by atoms with van der Waals surface area (Å²) < 4.78 is 23.4. The number of rotatable bonds is 14. The molecule has 0 saturated carbocycles. The molecule has 5 aromatic rings. The lowest BCUT2D eigenvalue weighted by molar-refractivity contribution is 0.0889. The zero-order valence-electron chi connectivity index (χ0n) is 22.4. The second-order valence-electron chi connectivity index (χ2n) is 9.29. The molecule has 0 spiro atoms. The van der Waals surface area contributed by atoms with Crippen LogP contribution >= 0.6 is 0 Å². The zero-order chi connectivity index (χ0) is 27.2. The maximum absolute atomic E-state index is 5.94. The van der Waals surface area contributed by atoms with Crippen molar-refractivity contribution in [2.45, 2.75) is 13.2 Å². The number of benzene rings is 4. The monoisotopic (exact) mass is 531 g/mol. The average Bonchev–Trinajstić information content (AvgIpc) is 3.02. The van der Waals surface area contributed by atoms with E-state index in [1.807, 2.05) is 85.2 Å². The predicted molar refractivity (Wildman–Crippen MR) is 158 cm³/mol. The summed E-state index contributed by atoms with van der Waals surface area (Å²) in [5.41, 5.74) is 6.43. The first kappa shape index (κ1) is 27.1. The Morgan fingerprint density at radius 2 is 0.900 bits per heavy atom. The molecule has 5 nitrogen and oxygen atoms in total. The van der Waals surface area contributed by atoms with Crippen molar-refractivity contribution in [2.24, 2.45) is 0 Å². The average molecular weight is 532 g/mol. The second kappa shape index (κ2) is 14.6. The normalized spacial score (nSPS) is 10.8. The number of nitrogens with zero attached hydrogens (tertiary/aromatic N) is 1. The third kappa shape index (κ3) is 8.27. The van der Waals surface area contributed by atoms with Crippen LogP contribution in [0.25, 0.3) is 22.3 Å². The predicted octanol–water partition coefficient (Wildman–Crippen LogP) is 7.61. The maximum Gasteiger partial charge on any atom is 0.120 e. The molecule has 0 amide bonds. The lowest BCUT2D eigenvalue weighted by Crippen LogP contribution is -2.06. The second-order valence-corrected chi connectivity index (χ2v) is 9.29. The minimum atomic E-state index is 0.485. The molecule has 5 heteroatoms. The Bertz CT molecular complexity index is 1350. The van der Waals surface area contributed by atoms with Crippen LogP contribution in [0.3, 0.4) is 0 Å². The Kier molecular flexibility index (Phi) is 9.93. The third-order valence-corrected chi connectivity index (χ3v) is 6.29. The largest absolute Gasteiger partial charge is 0.491 e. The van der Waals surface area contributed by atoms with Crippen LogP contribution in [-0.2, 0) is 22.7 Å². The molecule has 0 bridgehead atoms. The summed E-state index contributed by atoms with van der Waals surface area (Å²) in [5, 5.41) is 0. The molecule has 1 aromatic heterocycles. The molecule has 0 atom stereocenters. The van der Waals surface area contributed by atoms with Crippen molar-refractivity contribution >= 4 is 0 Å². The van der Waals surface area contributed by atoms with Crippen molar-refractivity contribution in [3.05, 3.63) is 139 Å². The van der Waals surface area contributed by atoms with Crippen molar-refractivity contribution in [1.82, 2.24) is 4.98 Å². The van der Waals surface area contributed by atoms with Crippen LogP contribution in [0.4, 0.5) is 0 Å². The molecule has 0 aliphatic rings. The standard InChI is InChI=1S/C35H33NO4/c1-3-9-28(10-4-1)26-37-17-19-39-34-15-7-13-30(22-34)32-21-33(25-36-24-32)31-14-8-16-35(23-31)40-20-18-38-27-29-11-5-2-6-12-29/h1-16,21-25H,17-20,26-27H2. The number of pyridine rings is 1. The van der Waals surface area contributed by atoms with Gasteiger partial charge in [0.1, 0.15) is 24.7 Å². The summed E-state index contributed by atoms with van der Waals surface area (Å²) in [6.07, 6.45) is 3.74. The molecule has 4 aromatic carbocycles. The summed E-state index contributed by atoms with van der Waals surface area (Å²) in [6.45, 7) is 3.17. The first-order valence-electron chi connectivity index (χ1n) is 13.5. The van der Waals surface area contributed by atoms with E-state index >= 15 is 0 Å². The SMILES string of the molecule is c1ccc(COCCOc2cccc(-c3cncc(-c4cccc(OCCOCc5ccccc5)c4)c3)c2)cc1. The summed E-state index contributed by atoms with van der Waals surface area (Å²) in [4.78, 5) is 4.51. The minimum absolute atomic E-state index is 0.485. The molecule has 202 valence electrons. The molecule has 5 rings (SSSR count). The van der Waals surface area contributed by atoms with Crippen LogP contribution < -0.4 is 9.47 Å². The minimum Gasteiger partial charge on any atom is -0.491 e. The van der Waals surface area contributed by atoms with Gasteiger partial charge in [-0.3, -0.25) is 4.98 Å². The highest BCUT2D eigenvalue weighted by Crippen LogP contribution is 2.29. The van der Waals surface area contributed by atoms with Crippen LogP contribution in [0.1, 0.15) is 11.1 Å². The molecule has 1 heterocycles. The van der Waals surface area contributed by atoms with Crippen LogP contribution in [0.15, 0.2) is 128 Å². The molecular weight excluding hydrogens is 498 g/mol. The van der Waals surface area contributed by atoms with Crippen LogP contribution in [-0.4, -0.2) is 31.4 Å². The smallest absolute Gasteiger partial charge is 0.120 e. The highest BCUT2D eigenvalue weighted by Gasteiger charge is 2.06. The highest BCUT2D eigenvalue weighted by molar-refractivity contribution is 5.73. The van der Waals surface area contributed by atoms with Gasteiger partial charge in [0, 0.05) is 23.5 Å². The molecule has 0 N–H and O–H groups in total. The van der Waals surface area contributed by atoms with Gasteiger partial charge in [-0.05, 0) is 52.6 Å². The fraction of sp³-hybridized carbons (Fsp3) is 0.171. The van der Waals surface area contributed by atoms with Crippen molar-refractivity contribution in [3.63, 3.8) is 0 Å². The molecule has 0 saturated heterocycles. The van der Waals surface area contributed by atoms with E-state index in [1.54, 1.807) is 0 Å². The van der Waals surface area contributed by atoms with Crippen molar-refractivity contribution in [2.75, 3.05) is 26.4 Å². The Balaban J connectivity index is 1.13. The summed E-state index contributed by atoms with van der Waals surface area (Å²) >= 11 is 0. The first-order chi connectivity index (χ1) is 19.8. The van der Waals surface area contributed by atoms with Gasteiger partial charge < -0.3 is 18.9 Å². The van der Waals surface area contributed by atoms with Crippen LogP contribution in [0, 0.1) is 0 Å². The zero-order valence-corrected chi connectivity index (χ0v) is 22.4. The van der Waals surface area contributed by atoms with Crippen molar-refractivity contribution < 1.29 is 18.9 Å². The Morgan fingerprint density at radius 1 is 0.425 bits per heavy atom.